The van der Waals surface area contributed by atoms with Crippen LogP contribution in [0.2, 0.25) is 0 Å². The van der Waals surface area contributed by atoms with Crippen LogP contribution in [-0.2, 0) is 41.1 Å². The molecule has 7 nitrogen and oxygen atoms in total. The highest BCUT2D eigenvalue weighted by molar-refractivity contribution is 7.92. The number of alkyl halides is 6. The highest BCUT2D eigenvalue weighted by atomic mass is 32.2. The molecule has 1 saturated heterocycles. The zero-order valence-corrected chi connectivity index (χ0v) is 26.9. The summed E-state index contributed by atoms with van der Waals surface area (Å²) in [5.41, 5.74) is -8.09. The smallest absolute Gasteiger partial charge is 0.349 e. The molecule has 1 saturated carbocycles. The minimum Gasteiger partial charge on any atom is -0.349 e. The summed E-state index contributed by atoms with van der Waals surface area (Å²) >= 11 is 0. The first-order valence-corrected chi connectivity index (χ1v) is 16.6. The van der Waals surface area contributed by atoms with Gasteiger partial charge in [-0.3, -0.25) is 9.59 Å². The van der Waals surface area contributed by atoms with Gasteiger partial charge >= 0.3 is 12.4 Å². The predicted molar refractivity (Wildman–Crippen MR) is 158 cm³/mol. The number of benzene rings is 3. The predicted octanol–water partition coefficient (Wildman–Crippen LogP) is 6.41. The van der Waals surface area contributed by atoms with E-state index in [9.17, 15) is 57.5 Å². The lowest BCUT2D eigenvalue weighted by Gasteiger charge is -2.48. The number of hydrogen-bond acceptors (Lipinski definition) is 5. The van der Waals surface area contributed by atoms with E-state index >= 15 is 0 Å². The van der Waals surface area contributed by atoms with Gasteiger partial charge in [-0.1, -0.05) is 30.3 Å². The molecule has 5 rings (SSSR count). The Hall–Kier alpha value is -4.12. The van der Waals surface area contributed by atoms with E-state index in [4.69, 9.17) is 0 Å². The van der Waals surface area contributed by atoms with Gasteiger partial charge in [0, 0.05) is 50.1 Å². The largest absolute Gasteiger partial charge is 0.430 e. The van der Waals surface area contributed by atoms with Crippen molar-refractivity contribution in [1.29, 1.82) is 0 Å². The summed E-state index contributed by atoms with van der Waals surface area (Å²) < 4.78 is 159. The maximum Gasteiger partial charge on any atom is 0.430 e. The van der Waals surface area contributed by atoms with E-state index in [1.54, 1.807) is 0 Å². The van der Waals surface area contributed by atoms with Gasteiger partial charge in [-0.05, 0) is 54.8 Å². The summed E-state index contributed by atoms with van der Waals surface area (Å²) in [7, 11) is -4.56. The number of ether oxygens (including phenoxy) is 1. The second-order valence-electron chi connectivity index (χ2n) is 12.1. The molecular formula is C33H29F9N2O5S. The first-order chi connectivity index (χ1) is 23.2. The van der Waals surface area contributed by atoms with Crippen molar-refractivity contribution in [3.05, 3.63) is 101 Å². The van der Waals surface area contributed by atoms with Crippen molar-refractivity contribution in [2.24, 2.45) is 5.92 Å². The normalized spacial score (nSPS) is 20.4. The van der Waals surface area contributed by atoms with Crippen LogP contribution in [0, 0.1) is 23.4 Å². The lowest BCUT2D eigenvalue weighted by molar-refractivity contribution is -0.392. The van der Waals surface area contributed by atoms with Gasteiger partial charge in [0.1, 0.15) is 22.2 Å². The fraction of sp³-hybridized carbons (Fsp3) is 0.394. The van der Waals surface area contributed by atoms with E-state index in [1.807, 2.05) is 0 Å². The van der Waals surface area contributed by atoms with Crippen molar-refractivity contribution < 1.29 is 62.3 Å². The Morgan fingerprint density at radius 2 is 1.28 bits per heavy atom. The molecule has 0 unspecified atom stereocenters. The quantitative estimate of drug-likeness (QED) is 0.197. The van der Waals surface area contributed by atoms with E-state index < -0.39 is 97.3 Å². The molecule has 1 heterocycles. The number of piperazine rings is 1. The van der Waals surface area contributed by atoms with Gasteiger partial charge in [0.15, 0.2) is 9.84 Å². The third kappa shape index (κ3) is 6.33. The SMILES string of the molecule is CC(=O)N1CCN(C(=O)C2CC(c3ccc(C(OCc4c(F)cccc4F)(C(F)(F)F)C(F)(F)F)cc3)(S(=O)(=O)c3ccc(F)cc3)C2)CC1. The highest BCUT2D eigenvalue weighted by Crippen LogP contribution is 2.57. The Morgan fingerprint density at radius 3 is 1.76 bits per heavy atom. The van der Waals surface area contributed by atoms with Gasteiger partial charge < -0.3 is 14.5 Å². The molecule has 1 aliphatic carbocycles. The number of sulfone groups is 1. The molecular weight excluding hydrogens is 707 g/mol. The standard InChI is InChI=1S/C33H29F9N2O5S/c1-20(45)43-13-15-44(16-14-43)29(46)21-17-30(18-21,50(47,48)25-11-9-24(34)10-12-25)22-5-7-23(8-6-22)31(32(37,38)39,33(40,41)42)49-19-26-27(35)3-2-4-28(26)36/h2-12,21H,13-19H2,1H3. The molecule has 0 bridgehead atoms. The summed E-state index contributed by atoms with van der Waals surface area (Å²) in [5, 5.41) is 0. The second kappa shape index (κ2) is 13.2. The van der Waals surface area contributed by atoms with Crippen molar-refractivity contribution in [2.75, 3.05) is 26.2 Å². The van der Waals surface area contributed by atoms with Crippen LogP contribution in [0.15, 0.2) is 71.6 Å². The minimum absolute atomic E-state index is 0.162. The van der Waals surface area contributed by atoms with Crippen LogP contribution in [0.25, 0.3) is 0 Å². The number of halogens is 9. The lowest BCUT2D eigenvalue weighted by Crippen LogP contribution is -2.57. The second-order valence-corrected chi connectivity index (χ2v) is 14.4. The van der Waals surface area contributed by atoms with Crippen molar-refractivity contribution >= 4 is 21.7 Å². The molecule has 0 spiro atoms. The molecule has 2 aliphatic rings. The Morgan fingerprint density at radius 1 is 0.780 bits per heavy atom. The highest BCUT2D eigenvalue weighted by Gasteiger charge is 2.73. The zero-order valence-electron chi connectivity index (χ0n) is 26.1. The van der Waals surface area contributed by atoms with E-state index in [2.05, 4.69) is 4.74 Å². The molecule has 50 heavy (non-hydrogen) atoms. The zero-order chi connectivity index (χ0) is 36.9. The minimum atomic E-state index is -6.23. The maximum absolute atomic E-state index is 14.5. The average molecular weight is 737 g/mol. The monoisotopic (exact) mass is 736 g/mol. The number of carbonyl (C=O) groups excluding carboxylic acids is 2. The van der Waals surface area contributed by atoms with Crippen LogP contribution < -0.4 is 0 Å². The van der Waals surface area contributed by atoms with Crippen LogP contribution in [-0.4, -0.2) is 68.6 Å². The number of nitrogens with zero attached hydrogens (tertiary/aromatic N) is 2. The van der Waals surface area contributed by atoms with E-state index in [0.717, 1.165) is 42.5 Å². The van der Waals surface area contributed by atoms with E-state index in [0.29, 0.717) is 24.3 Å². The van der Waals surface area contributed by atoms with Crippen LogP contribution in [0.4, 0.5) is 39.5 Å². The van der Waals surface area contributed by atoms with Crippen molar-refractivity contribution in [2.45, 2.75) is 54.0 Å². The fourth-order valence-electron chi connectivity index (χ4n) is 6.45. The van der Waals surface area contributed by atoms with Crippen LogP contribution in [0.3, 0.4) is 0 Å². The fourth-order valence-corrected chi connectivity index (χ4v) is 8.69. The van der Waals surface area contributed by atoms with Crippen molar-refractivity contribution in [3.63, 3.8) is 0 Å². The molecule has 3 aromatic carbocycles. The van der Waals surface area contributed by atoms with Gasteiger partial charge in [0.05, 0.1) is 11.5 Å². The molecule has 270 valence electrons. The molecule has 0 radical (unpaired) electrons. The summed E-state index contributed by atoms with van der Waals surface area (Å²) in [6.45, 7) is 0.392. The van der Waals surface area contributed by atoms with Gasteiger partial charge in [-0.25, -0.2) is 21.6 Å². The topological polar surface area (TPSA) is 84.0 Å². The third-order valence-electron chi connectivity index (χ3n) is 9.29. The molecule has 2 fully saturated rings. The van der Waals surface area contributed by atoms with Crippen LogP contribution >= 0.6 is 0 Å². The van der Waals surface area contributed by atoms with Gasteiger partial charge in [0.2, 0.25) is 11.8 Å². The number of carbonyl (C=O) groups is 2. The summed E-state index contributed by atoms with van der Waals surface area (Å²) in [6, 6.07) is 7.94. The van der Waals surface area contributed by atoms with E-state index in [1.165, 1.54) is 16.7 Å². The number of hydrogen-bond donors (Lipinski definition) is 0. The van der Waals surface area contributed by atoms with Gasteiger partial charge in [-0.2, -0.15) is 26.3 Å². The summed E-state index contributed by atoms with van der Waals surface area (Å²) in [5.74, 6) is -5.23. The first kappa shape index (κ1) is 37.1. The van der Waals surface area contributed by atoms with Crippen LogP contribution in [0.1, 0.15) is 36.5 Å². The van der Waals surface area contributed by atoms with E-state index in [-0.39, 0.29) is 37.6 Å². The Kier molecular flexibility index (Phi) is 9.81. The maximum atomic E-state index is 14.5. The Bertz CT molecular complexity index is 1820. The van der Waals surface area contributed by atoms with Crippen LogP contribution in [0.5, 0.6) is 0 Å². The average Bonchev–Trinajstić information content (AvgIpc) is 3.01. The lowest BCUT2D eigenvalue weighted by atomic mass is 9.69. The number of rotatable bonds is 8. The van der Waals surface area contributed by atoms with Gasteiger partial charge in [0.25, 0.3) is 5.60 Å². The Balaban J connectivity index is 1.53. The molecule has 0 N–H and O–H groups in total. The first-order valence-electron chi connectivity index (χ1n) is 15.1. The molecule has 3 aromatic rings. The van der Waals surface area contributed by atoms with Gasteiger partial charge in [-0.15, -0.1) is 0 Å². The molecule has 0 aromatic heterocycles. The molecule has 0 atom stereocenters. The molecule has 17 heteroatoms. The summed E-state index contributed by atoms with van der Waals surface area (Å²) in [4.78, 5) is 27.6. The molecule has 1 aliphatic heterocycles. The third-order valence-corrected chi connectivity index (χ3v) is 11.8. The summed E-state index contributed by atoms with van der Waals surface area (Å²) in [6.07, 6.45) is -13.3. The Labute approximate surface area is 280 Å². The van der Waals surface area contributed by atoms with Crippen molar-refractivity contribution in [1.82, 2.24) is 9.80 Å². The number of amides is 2. The molecule has 2 amide bonds. The van der Waals surface area contributed by atoms with Crippen molar-refractivity contribution in [3.8, 4) is 0 Å².